The minimum atomic E-state index is 0.555. The molecule has 0 fully saturated rings. The predicted molar refractivity (Wildman–Crippen MR) is 64.8 cm³/mol. The molecule has 0 aliphatic heterocycles. The van der Waals surface area contributed by atoms with Crippen molar-refractivity contribution in [2.75, 3.05) is 7.11 Å². The van der Waals surface area contributed by atoms with E-state index < -0.39 is 0 Å². The summed E-state index contributed by atoms with van der Waals surface area (Å²) in [5, 5.41) is 0. The molecular weight excluding hydrogens is 214 g/mol. The molecule has 0 saturated carbocycles. The van der Waals surface area contributed by atoms with Gasteiger partial charge in [0.25, 0.3) is 0 Å². The van der Waals surface area contributed by atoms with E-state index in [4.69, 9.17) is 9.15 Å². The van der Waals surface area contributed by atoms with Gasteiger partial charge in [-0.3, -0.25) is 0 Å². The van der Waals surface area contributed by atoms with Crippen LogP contribution in [0.2, 0.25) is 0 Å². The van der Waals surface area contributed by atoms with Crippen LogP contribution in [0.3, 0.4) is 0 Å². The highest BCUT2D eigenvalue weighted by Crippen LogP contribution is 2.30. The lowest BCUT2D eigenvalue weighted by Gasteiger charge is -2.02. The van der Waals surface area contributed by atoms with Gasteiger partial charge in [-0.2, -0.15) is 0 Å². The normalized spacial score (nSPS) is 10.6. The molecule has 3 rings (SSSR count). The number of oxazole rings is 1. The first-order valence-electron chi connectivity index (χ1n) is 5.29. The Balaban J connectivity index is 2.20. The van der Waals surface area contributed by atoms with Gasteiger partial charge in [-0.15, -0.1) is 0 Å². The lowest BCUT2D eigenvalue weighted by Crippen LogP contribution is -1.87. The van der Waals surface area contributed by atoms with E-state index in [0.29, 0.717) is 11.6 Å². The maximum Gasteiger partial charge on any atom is 0.231 e. The monoisotopic (exact) mass is 224 g/mol. The average Bonchev–Trinajstić information content (AvgIpc) is 2.82. The molecule has 0 aliphatic carbocycles. The molecule has 1 heterocycles. The zero-order valence-corrected chi connectivity index (χ0v) is 9.31. The van der Waals surface area contributed by atoms with E-state index in [1.54, 1.807) is 13.2 Å². The van der Waals surface area contributed by atoms with Crippen LogP contribution in [0.1, 0.15) is 0 Å². The van der Waals surface area contributed by atoms with Crippen LogP contribution in [0.15, 0.2) is 46.9 Å². The molecule has 83 valence electrons. The van der Waals surface area contributed by atoms with E-state index in [1.165, 1.54) is 0 Å². The van der Waals surface area contributed by atoms with Crippen molar-refractivity contribution >= 4 is 11.1 Å². The quantitative estimate of drug-likeness (QED) is 0.670. The van der Waals surface area contributed by atoms with E-state index in [2.05, 4.69) is 11.1 Å². The van der Waals surface area contributed by atoms with Gasteiger partial charge < -0.3 is 9.15 Å². The second-order valence-electron chi connectivity index (χ2n) is 3.60. The van der Waals surface area contributed by atoms with Crippen LogP contribution in [-0.4, -0.2) is 12.1 Å². The summed E-state index contributed by atoms with van der Waals surface area (Å²) in [6.45, 7) is 0. The SMILES string of the molecule is COc1[c]cccc1-c1nc2ccccc2o1. The average molecular weight is 224 g/mol. The number of para-hydroxylation sites is 3. The molecule has 0 N–H and O–H groups in total. The molecule has 3 nitrogen and oxygen atoms in total. The Morgan fingerprint density at radius 1 is 1.18 bits per heavy atom. The summed E-state index contributed by atoms with van der Waals surface area (Å²) < 4.78 is 10.9. The van der Waals surface area contributed by atoms with Crippen LogP contribution in [0.25, 0.3) is 22.6 Å². The molecule has 0 atom stereocenters. The molecule has 0 aliphatic rings. The van der Waals surface area contributed by atoms with Crippen molar-refractivity contribution in [3.63, 3.8) is 0 Å². The molecule has 0 saturated heterocycles. The van der Waals surface area contributed by atoms with Gasteiger partial charge in [0.2, 0.25) is 5.89 Å². The maximum absolute atomic E-state index is 5.69. The molecular formula is C14H10NO2. The van der Waals surface area contributed by atoms with E-state index in [0.717, 1.165) is 16.7 Å². The standard InChI is InChI=1S/C14H10NO2/c1-16-12-8-4-2-6-10(12)14-15-11-7-3-5-9-13(11)17-14/h2-7,9H,1H3. The van der Waals surface area contributed by atoms with Crippen molar-refractivity contribution in [1.82, 2.24) is 4.98 Å². The van der Waals surface area contributed by atoms with Crippen LogP contribution in [0, 0.1) is 6.07 Å². The number of benzene rings is 2. The van der Waals surface area contributed by atoms with Crippen LogP contribution in [0.5, 0.6) is 5.75 Å². The smallest absolute Gasteiger partial charge is 0.231 e. The van der Waals surface area contributed by atoms with E-state index in [-0.39, 0.29) is 0 Å². The zero-order valence-electron chi connectivity index (χ0n) is 9.31. The maximum atomic E-state index is 5.69. The molecule has 0 amide bonds. The summed E-state index contributed by atoms with van der Waals surface area (Å²) in [6.07, 6.45) is 0. The van der Waals surface area contributed by atoms with Gasteiger partial charge in [0.15, 0.2) is 5.58 Å². The number of hydrogen-bond acceptors (Lipinski definition) is 3. The summed E-state index contributed by atoms with van der Waals surface area (Å²) >= 11 is 0. The Bertz CT molecular complexity index is 625. The first kappa shape index (κ1) is 9.90. The van der Waals surface area contributed by atoms with Crippen molar-refractivity contribution in [1.29, 1.82) is 0 Å². The van der Waals surface area contributed by atoms with Gasteiger partial charge >= 0.3 is 0 Å². The molecule has 0 spiro atoms. The Morgan fingerprint density at radius 2 is 2.06 bits per heavy atom. The van der Waals surface area contributed by atoms with Crippen molar-refractivity contribution in [3.05, 3.63) is 48.5 Å². The third kappa shape index (κ3) is 1.65. The highest BCUT2D eigenvalue weighted by molar-refractivity contribution is 5.77. The van der Waals surface area contributed by atoms with Crippen molar-refractivity contribution in [3.8, 4) is 17.2 Å². The summed E-state index contributed by atoms with van der Waals surface area (Å²) in [7, 11) is 1.61. The molecule has 1 aromatic heterocycles. The van der Waals surface area contributed by atoms with E-state index in [9.17, 15) is 0 Å². The highest BCUT2D eigenvalue weighted by atomic mass is 16.5. The van der Waals surface area contributed by atoms with Gasteiger partial charge in [-0.05, 0) is 18.2 Å². The fourth-order valence-electron chi connectivity index (χ4n) is 1.75. The number of ether oxygens (including phenoxy) is 1. The fourth-order valence-corrected chi connectivity index (χ4v) is 1.75. The van der Waals surface area contributed by atoms with E-state index >= 15 is 0 Å². The number of fused-ring (bicyclic) bond motifs is 1. The molecule has 2 aromatic carbocycles. The minimum absolute atomic E-state index is 0.555. The van der Waals surface area contributed by atoms with Gasteiger partial charge in [-0.25, -0.2) is 4.98 Å². The van der Waals surface area contributed by atoms with Gasteiger partial charge in [0.05, 0.1) is 12.7 Å². The van der Waals surface area contributed by atoms with Crippen LogP contribution >= 0.6 is 0 Å². The fraction of sp³-hybridized carbons (Fsp3) is 0.0714. The zero-order chi connectivity index (χ0) is 11.7. The van der Waals surface area contributed by atoms with Crippen LogP contribution in [-0.2, 0) is 0 Å². The van der Waals surface area contributed by atoms with Crippen LogP contribution < -0.4 is 4.74 Å². The summed E-state index contributed by atoms with van der Waals surface area (Å²) in [4.78, 5) is 4.42. The minimum Gasteiger partial charge on any atom is -0.495 e. The number of aromatic nitrogens is 1. The summed E-state index contributed by atoms with van der Waals surface area (Å²) in [5.41, 5.74) is 2.42. The van der Waals surface area contributed by atoms with E-state index in [1.807, 2.05) is 36.4 Å². The number of nitrogens with zero attached hydrogens (tertiary/aromatic N) is 1. The summed E-state index contributed by atoms with van der Waals surface area (Å²) in [6, 6.07) is 16.3. The molecule has 1 radical (unpaired) electrons. The highest BCUT2D eigenvalue weighted by Gasteiger charge is 2.11. The molecule has 3 heteroatoms. The topological polar surface area (TPSA) is 35.3 Å². The third-order valence-corrected chi connectivity index (χ3v) is 2.55. The predicted octanol–water partition coefficient (Wildman–Crippen LogP) is 3.30. The summed E-state index contributed by atoms with van der Waals surface area (Å²) in [5.74, 6) is 1.19. The third-order valence-electron chi connectivity index (χ3n) is 2.55. The second-order valence-corrected chi connectivity index (χ2v) is 3.60. The van der Waals surface area contributed by atoms with Gasteiger partial charge in [0, 0.05) is 6.07 Å². The van der Waals surface area contributed by atoms with Crippen molar-refractivity contribution in [2.24, 2.45) is 0 Å². The van der Waals surface area contributed by atoms with Gasteiger partial charge in [0.1, 0.15) is 11.3 Å². The first-order chi connectivity index (χ1) is 8.38. The molecule has 0 unspecified atom stereocenters. The number of hydrogen-bond donors (Lipinski definition) is 0. The lowest BCUT2D eigenvalue weighted by atomic mass is 10.2. The Hall–Kier alpha value is -2.29. The van der Waals surface area contributed by atoms with Crippen LogP contribution in [0.4, 0.5) is 0 Å². The molecule has 0 bridgehead atoms. The lowest BCUT2D eigenvalue weighted by molar-refractivity contribution is 0.414. The number of methoxy groups -OCH3 is 1. The van der Waals surface area contributed by atoms with Crippen molar-refractivity contribution in [2.45, 2.75) is 0 Å². The number of rotatable bonds is 2. The largest absolute Gasteiger partial charge is 0.495 e. The first-order valence-corrected chi connectivity index (χ1v) is 5.29. The van der Waals surface area contributed by atoms with Gasteiger partial charge in [-0.1, -0.05) is 24.3 Å². The molecule has 17 heavy (non-hydrogen) atoms. The molecule has 3 aromatic rings. The second kappa shape index (κ2) is 3.94. The Kier molecular flexibility index (Phi) is 2.29. The Labute approximate surface area is 98.7 Å². The van der Waals surface area contributed by atoms with Crippen molar-refractivity contribution < 1.29 is 9.15 Å². The Morgan fingerprint density at radius 3 is 2.88 bits per heavy atom.